The van der Waals surface area contributed by atoms with Crippen molar-refractivity contribution in [3.8, 4) is 0 Å². The fraction of sp³-hybridized carbons (Fsp3) is 0.100. The molecule has 2 aromatic carbocycles. The van der Waals surface area contributed by atoms with Gasteiger partial charge in [0.05, 0.1) is 15.0 Å². The van der Waals surface area contributed by atoms with Crippen LogP contribution in [0.15, 0.2) is 53.6 Å². The largest absolute Gasteiger partial charge is 0.342 e. The minimum absolute atomic E-state index is 0.259. The van der Waals surface area contributed by atoms with E-state index in [-0.39, 0.29) is 11.1 Å². The summed E-state index contributed by atoms with van der Waals surface area (Å²) in [5.74, 6) is -0.272. The Morgan fingerprint density at radius 3 is 2.56 bits per heavy atom. The zero-order chi connectivity index (χ0) is 19.1. The summed E-state index contributed by atoms with van der Waals surface area (Å²) >= 11 is 13.1. The molecule has 2 heterocycles. The number of aromatic nitrogens is 1. The predicted octanol–water partition coefficient (Wildman–Crippen LogP) is 5.66. The number of halogens is 2. The molecule has 27 heavy (non-hydrogen) atoms. The summed E-state index contributed by atoms with van der Waals surface area (Å²) in [6.45, 7) is 0.612. The average molecular weight is 417 g/mol. The van der Waals surface area contributed by atoms with E-state index in [4.69, 9.17) is 23.2 Å². The molecule has 0 spiro atoms. The van der Waals surface area contributed by atoms with Gasteiger partial charge < -0.3 is 4.57 Å². The van der Waals surface area contributed by atoms with Gasteiger partial charge in [0, 0.05) is 36.3 Å². The molecule has 4 rings (SSSR count). The van der Waals surface area contributed by atoms with E-state index in [9.17, 15) is 9.59 Å². The number of amides is 2. The highest BCUT2D eigenvalue weighted by Gasteiger charge is 2.32. The topological polar surface area (TPSA) is 42.3 Å². The summed E-state index contributed by atoms with van der Waals surface area (Å²) in [6.07, 6.45) is 3.76. The van der Waals surface area contributed by atoms with Crippen LogP contribution in [0.5, 0.6) is 0 Å². The highest BCUT2D eigenvalue weighted by atomic mass is 35.5. The van der Waals surface area contributed by atoms with Crippen molar-refractivity contribution in [2.24, 2.45) is 0 Å². The first kappa shape index (κ1) is 18.2. The summed E-state index contributed by atoms with van der Waals surface area (Å²) < 4.78 is 2.09. The van der Waals surface area contributed by atoms with Gasteiger partial charge in [0.15, 0.2) is 0 Å². The van der Waals surface area contributed by atoms with Crippen molar-refractivity contribution >= 4 is 63.1 Å². The molecule has 1 aliphatic heterocycles. The zero-order valence-corrected chi connectivity index (χ0v) is 16.6. The molecule has 136 valence electrons. The molecule has 0 atom stereocenters. The quantitative estimate of drug-likeness (QED) is 0.517. The number of fused-ring (bicyclic) bond motifs is 1. The molecule has 0 unspecified atom stereocenters. The fourth-order valence-corrected chi connectivity index (χ4v) is 4.18. The van der Waals surface area contributed by atoms with Crippen LogP contribution in [0, 0.1) is 0 Å². The number of carbonyl (C=O) groups excluding carboxylic acids is 2. The maximum Gasteiger partial charge on any atom is 0.293 e. The fourth-order valence-electron chi connectivity index (χ4n) is 3.04. The Balaban J connectivity index is 1.76. The van der Waals surface area contributed by atoms with Crippen LogP contribution in [0.1, 0.15) is 11.1 Å². The van der Waals surface area contributed by atoms with Gasteiger partial charge in [-0.25, -0.2) is 0 Å². The smallest absolute Gasteiger partial charge is 0.293 e. The second kappa shape index (κ2) is 7.08. The van der Waals surface area contributed by atoms with E-state index in [1.54, 1.807) is 12.1 Å². The Hall–Kier alpha value is -2.21. The molecule has 3 aromatic rings. The van der Waals surface area contributed by atoms with Gasteiger partial charge in [-0.3, -0.25) is 14.5 Å². The maximum absolute atomic E-state index is 12.2. The Bertz CT molecular complexity index is 1120. The van der Waals surface area contributed by atoms with Crippen molar-refractivity contribution in [3.05, 3.63) is 74.7 Å². The molecule has 0 radical (unpaired) electrons. The van der Waals surface area contributed by atoms with Crippen molar-refractivity contribution in [2.75, 3.05) is 7.05 Å². The molecular formula is C20H14Cl2N2O2S. The molecule has 1 saturated heterocycles. The molecule has 1 aliphatic rings. The van der Waals surface area contributed by atoms with Gasteiger partial charge in [-0.1, -0.05) is 47.5 Å². The van der Waals surface area contributed by atoms with Crippen LogP contribution in [-0.4, -0.2) is 27.7 Å². The lowest BCUT2D eigenvalue weighted by atomic mass is 10.1. The van der Waals surface area contributed by atoms with Gasteiger partial charge in [0.25, 0.3) is 11.1 Å². The molecule has 0 aliphatic carbocycles. The van der Waals surface area contributed by atoms with Crippen LogP contribution in [0.4, 0.5) is 4.79 Å². The second-order valence-electron chi connectivity index (χ2n) is 6.22. The first-order valence-corrected chi connectivity index (χ1v) is 9.74. The molecule has 0 saturated carbocycles. The van der Waals surface area contributed by atoms with Crippen LogP contribution >= 0.6 is 35.0 Å². The number of carbonyl (C=O) groups is 2. The van der Waals surface area contributed by atoms with E-state index in [2.05, 4.69) is 4.57 Å². The molecule has 0 bridgehead atoms. The number of thioether (sulfide) groups is 1. The van der Waals surface area contributed by atoms with E-state index >= 15 is 0 Å². The monoisotopic (exact) mass is 416 g/mol. The molecule has 0 N–H and O–H groups in total. The Morgan fingerprint density at radius 2 is 1.85 bits per heavy atom. The summed E-state index contributed by atoms with van der Waals surface area (Å²) in [7, 11) is 1.49. The predicted molar refractivity (Wildman–Crippen MR) is 111 cm³/mol. The number of imide groups is 1. The van der Waals surface area contributed by atoms with E-state index in [1.807, 2.05) is 42.6 Å². The van der Waals surface area contributed by atoms with E-state index < -0.39 is 0 Å². The molecule has 7 heteroatoms. The minimum Gasteiger partial charge on any atom is -0.342 e. The van der Waals surface area contributed by atoms with Gasteiger partial charge in [-0.15, -0.1) is 0 Å². The molecular weight excluding hydrogens is 403 g/mol. The first-order chi connectivity index (χ1) is 12.9. The van der Waals surface area contributed by atoms with Crippen LogP contribution in [0.2, 0.25) is 10.0 Å². The third-order valence-electron chi connectivity index (χ3n) is 4.43. The Kier molecular flexibility index (Phi) is 4.76. The van der Waals surface area contributed by atoms with Crippen molar-refractivity contribution in [2.45, 2.75) is 6.54 Å². The number of likely N-dealkylation sites (N-methyl/N-ethyl adjacent to an activating group) is 1. The standard InChI is InChI=1S/C20H14Cl2N2O2S/c1-23-19(25)18(27-20(23)26)9-13-11-24(17-5-3-2-4-14(13)17)10-12-6-7-15(21)16(22)8-12/h2-9,11H,10H2,1H3/b18-9-. The number of rotatable bonds is 3. The van der Waals surface area contributed by atoms with Crippen molar-refractivity contribution < 1.29 is 9.59 Å². The number of hydrogen-bond acceptors (Lipinski definition) is 3. The van der Waals surface area contributed by atoms with Crippen LogP contribution in [-0.2, 0) is 11.3 Å². The molecule has 1 fully saturated rings. The third kappa shape index (κ3) is 3.38. The van der Waals surface area contributed by atoms with E-state index in [1.165, 1.54) is 7.05 Å². The second-order valence-corrected chi connectivity index (χ2v) is 8.03. The first-order valence-electron chi connectivity index (χ1n) is 8.17. The van der Waals surface area contributed by atoms with Gasteiger partial charge in [-0.05, 0) is 41.6 Å². The lowest BCUT2D eigenvalue weighted by Crippen LogP contribution is -2.22. The number of hydrogen-bond donors (Lipinski definition) is 0. The third-order valence-corrected chi connectivity index (χ3v) is 6.13. The minimum atomic E-state index is -0.272. The molecule has 2 amide bonds. The number of nitrogens with zero attached hydrogens (tertiary/aromatic N) is 2. The maximum atomic E-state index is 12.2. The van der Waals surface area contributed by atoms with Crippen LogP contribution in [0.25, 0.3) is 17.0 Å². The van der Waals surface area contributed by atoms with Gasteiger partial charge in [0.1, 0.15) is 0 Å². The van der Waals surface area contributed by atoms with Crippen molar-refractivity contribution in [1.29, 1.82) is 0 Å². The SMILES string of the molecule is CN1C(=O)S/C(=C\c2cn(Cc3ccc(Cl)c(Cl)c3)c3ccccc23)C1=O. The van der Waals surface area contributed by atoms with Gasteiger partial charge in [0.2, 0.25) is 0 Å². The summed E-state index contributed by atoms with van der Waals surface area (Å²) in [5, 5.41) is 1.79. The van der Waals surface area contributed by atoms with Crippen LogP contribution < -0.4 is 0 Å². The van der Waals surface area contributed by atoms with Crippen molar-refractivity contribution in [1.82, 2.24) is 9.47 Å². The van der Waals surface area contributed by atoms with E-state index in [0.717, 1.165) is 38.7 Å². The number of benzene rings is 2. The normalized spacial score (nSPS) is 16.1. The van der Waals surface area contributed by atoms with Crippen molar-refractivity contribution in [3.63, 3.8) is 0 Å². The molecule has 1 aromatic heterocycles. The lowest BCUT2D eigenvalue weighted by Gasteiger charge is -2.06. The average Bonchev–Trinajstić information content (AvgIpc) is 3.11. The lowest BCUT2D eigenvalue weighted by molar-refractivity contribution is -0.121. The number of para-hydroxylation sites is 1. The van der Waals surface area contributed by atoms with Gasteiger partial charge >= 0.3 is 0 Å². The van der Waals surface area contributed by atoms with Gasteiger partial charge in [-0.2, -0.15) is 0 Å². The molecule has 4 nitrogen and oxygen atoms in total. The summed E-state index contributed by atoms with van der Waals surface area (Å²) in [5.41, 5.74) is 2.95. The van der Waals surface area contributed by atoms with Crippen LogP contribution in [0.3, 0.4) is 0 Å². The van der Waals surface area contributed by atoms with E-state index in [0.29, 0.717) is 21.5 Å². The highest BCUT2D eigenvalue weighted by molar-refractivity contribution is 8.18. The zero-order valence-electron chi connectivity index (χ0n) is 14.3. The Morgan fingerprint density at radius 1 is 1.07 bits per heavy atom. The summed E-state index contributed by atoms with van der Waals surface area (Å²) in [4.78, 5) is 25.5. The Labute approximate surface area is 170 Å². The summed E-state index contributed by atoms with van der Waals surface area (Å²) in [6, 6.07) is 13.5. The highest BCUT2D eigenvalue weighted by Crippen LogP contribution is 2.33.